The molecule has 0 radical (unpaired) electrons. The van der Waals surface area contributed by atoms with Crippen LogP contribution in [0.2, 0.25) is 0 Å². The van der Waals surface area contributed by atoms with Crippen LogP contribution in [-0.4, -0.2) is 28.0 Å². The van der Waals surface area contributed by atoms with E-state index in [0.29, 0.717) is 29.5 Å². The van der Waals surface area contributed by atoms with E-state index in [4.69, 9.17) is 4.74 Å². The third kappa shape index (κ3) is 5.22. The third-order valence-electron chi connectivity index (χ3n) is 3.42. The number of hydrogen-bond donors (Lipinski definition) is 2. The van der Waals surface area contributed by atoms with Crippen LogP contribution in [0.25, 0.3) is 0 Å². The van der Waals surface area contributed by atoms with Crippen molar-refractivity contribution in [1.29, 1.82) is 0 Å². The van der Waals surface area contributed by atoms with Gasteiger partial charge in [-0.15, -0.1) is 0 Å². The Kier molecular flexibility index (Phi) is 6.03. The number of sulfonamides is 1. The lowest BCUT2D eigenvalue weighted by molar-refractivity contribution is 0.0949. The van der Waals surface area contributed by atoms with E-state index >= 15 is 0 Å². The molecule has 6 nitrogen and oxygen atoms in total. The first-order valence-electron chi connectivity index (χ1n) is 7.87. The second kappa shape index (κ2) is 8.02. The Labute approximate surface area is 148 Å². The Bertz CT molecular complexity index is 830. The van der Waals surface area contributed by atoms with Crippen molar-refractivity contribution >= 4 is 21.6 Å². The monoisotopic (exact) mass is 362 g/mol. The van der Waals surface area contributed by atoms with Crippen LogP contribution in [0, 0.1) is 5.92 Å². The number of methoxy groups -OCH3 is 1. The van der Waals surface area contributed by atoms with Crippen molar-refractivity contribution in [3.05, 3.63) is 54.1 Å². The molecule has 0 bridgehead atoms. The smallest absolute Gasteiger partial charge is 0.261 e. The first-order chi connectivity index (χ1) is 11.8. The van der Waals surface area contributed by atoms with Crippen molar-refractivity contribution in [2.24, 2.45) is 5.92 Å². The summed E-state index contributed by atoms with van der Waals surface area (Å²) >= 11 is 0. The number of amides is 1. The molecule has 0 aliphatic heterocycles. The van der Waals surface area contributed by atoms with E-state index in [1.165, 1.54) is 25.3 Å². The minimum atomic E-state index is -3.74. The molecule has 1 amide bonds. The van der Waals surface area contributed by atoms with Gasteiger partial charge >= 0.3 is 0 Å². The molecule has 0 unspecified atom stereocenters. The van der Waals surface area contributed by atoms with Gasteiger partial charge in [-0.3, -0.25) is 9.52 Å². The average Bonchev–Trinajstić information content (AvgIpc) is 2.59. The summed E-state index contributed by atoms with van der Waals surface area (Å²) in [5.41, 5.74) is 0.726. The number of ether oxygens (including phenoxy) is 1. The van der Waals surface area contributed by atoms with Crippen LogP contribution in [0.15, 0.2) is 53.4 Å². The van der Waals surface area contributed by atoms with Gasteiger partial charge in [0.2, 0.25) is 0 Å². The van der Waals surface area contributed by atoms with Gasteiger partial charge in [-0.2, -0.15) is 0 Å². The summed E-state index contributed by atoms with van der Waals surface area (Å²) in [6.07, 6.45) is 0. The maximum Gasteiger partial charge on any atom is 0.261 e. The molecule has 0 spiro atoms. The van der Waals surface area contributed by atoms with Crippen LogP contribution in [0.5, 0.6) is 5.75 Å². The third-order valence-corrected chi connectivity index (χ3v) is 4.81. The molecule has 2 aromatic rings. The molecule has 0 aliphatic rings. The molecule has 7 heteroatoms. The molecule has 0 heterocycles. The van der Waals surface area contributed by atoms with E-state index in [2.05, 4.69) is 10.0 Å². The summed E-state index contributed by atoms with van der Waals surface area (Å²) in [6.45, 7) is 4.56. The molecule has 0 aromatic heterocycles. The number of nitrogens with one attached hydrogen (secondary N) is 2. The Morgan fingerprint density at radius 1 is 1.12 bits per heavy atom. The lowest BCUT2D eigenvalue weighted by Gasteiger charge is -2.11. The van der Waals surface area contributed by atoms with Gasteiger partial charge in [-0.25, -0.2) is 8.42 Å². The molecule has 0 atom stereocenters. The highest BCUT2D eigenvalue weighted by molar-refractivity contribution is 7.92. The van der Waals surface area contributed by atoms with E-state index in [9.17, 15) is 13.2 Å². The fourth-order valence-corrected chi connectivity index (χ4v) is 3.14. The summed E-state index contributed by atoms with van der Waals surface area (Å²) in [5.74, 6) is 0.669. The van der Waals surface area contributed by atoms with Crippen molar-refractivity contribution in [2.45, 2.75) is 18.7 Å². The summed E-state index contributed by atoms with van der Waals surface area (Å²) < 4.78 is 32.4. The van der Waals surface area contributed by atoms with Gasteiger partial charge in [0, 0.05) is 17.8 Å². The predicted octanol–water partition coefficient (Wildman–Crippen LogP) is 2.88. The number of hydrogen-bond acceptors (Lipinski definition) is 4. The van der Waals surface area contributed by atoms with Crippen LogP contribution in [0.3, 0.4) is 0 Å². The van der Waals surface area contributed by atoms with Gasteiger partial charge in [0.05, 0.1) is 12.0 Å². The number of anilines is 1. The number of benzene rings is 2. The Morgan fingerprint density at radius 2 is 1.80 bits per heavy atom. The highest BCUT2D eigenvalue weighted by atomic mass is 32.2. The zero-order valence-corrected chi connectivity index (χ0v) is 15.3. The highest BCUT2D eigenvalue weighted by Gasteiger charge is 2.15. The maximum atomic E-state index is 12.4. The molecule has 25 heavy (non-hydrogen) atoms. The predicted molar refractivity (Wildman–Crippen MR) is 97.4 cm³/mol. The topological polar surface area (TPSA) is 84.5 Å². The van der Waals surface area contributed by atoms with E-state index < -0.39 is 10.0 Å². The van der Waals surface area contributed by atoms with Crippen LogP contribution >= 0.6 is 0 Å². The number of carbonyl (C=O) groups is 1. The van der Waals surface area contributed by atoms with Crippen molar-refractivity contribution in [2.75, 3.05) is 18.4 Å². The fourth-order valence-electron chi connectivity index (χ4n) is 2.09. The molecular weight excluding hydrogens is 340 g/mol. The summed E-state index contributed by atoms with van der Waals surface area (Å²) in [6, 6.07) is 12.4. The average molecular weight is 362 g/mol. The molecule has 0 aliphatic carbocycles. The zero-order chi connectivity index (χ0) is 18.4. The van der Waals surface area contributed by atoms with E-state index in [1.54, 1.807) is 30.3 Å². The van der Waals surface area contributed by atoms with Crippen molar-refractivity contribution < 1.29 is 17.9 Å². The van der Waals surface area contributed by atoms with E-state index in [1.807, 2.05) is 13.8 Å². The lowest BCUT2D eigenvalue weighted by Crippen LogP contribution is -2.27. The first kappa shape index (κ1) is 18.8. The quantitative estimate of drug-likeness (QED) is 0.793. The Balaban J connectivity index is 2.16. The van der Waals surface area contributed by atoms with E-state index in [-0.39, 0.29) is 10.8 Å². The van der Waals surface area contributed by atoms with Crippen LogP contribution in [0.1, 0.15) is 24.2 Å². The standard InChI is InChI=1S/C18H22N2O4S/c1-13(2)12-19-18(21)14-5-4-6-15(11-14)20-25(22,23)17-9-7-16(24-3)8-10-17/h4-11,13,20H,12H2,1-3H3,(H,19,21). The van der Waals surface area contributed by atoms with Gasteiger partial charge in [0.15, 0.2) is 0 Å². The number of rotatable bonds is 7. The van der Waals surface area contributed by atoms with Gasteiger partial charge in [0.1, 0.15) is 5.75 Å². The van der Waals surface area contributed by atoms with Crippen molar-refractivity contribution in [3.63, 3.8) is 0 Å². The summed E-state index contributed by atoms with van der Waals surface area (Å²) in [4.78, 5) is 12.2. The fraction of sp³-hybridized carbons (Fsp3) is 0.278. The van der Waals surface area contributed by atoms with Gasteiger partial charge in [0.25, 0.3) is 15.9 Å². The highest BCUT2D eigenvalue weighted by Crippen LogP contribution is 2.19. The molecule has 134 valence electrons. The second-order valence-corrected chi connectivity index (χ2v) is 7.65. The summed E-state index contributed by atoms with van der Waals surface area (Å²) in [7, 11) is -2.23. The number of carbonyl (C=O) groups excluding carboxylic acids is 1. The van der Waals surface area contributed by atoms with Crippen molar-refractivity contribution in [1.82, 2.24) is 5.32 Å². The largest absolute Gasteiger partial charge is 0.497 e. The van der Waals surface area contributed by atoms with Gasteiger partial charge in [-0.05, 0) is 48.4 Å². The van der Waals surface area contributed by atoms with Crippen LogP contribution in [0.4, 0.5) is 5.69 Å². The Morgan fingerprint density at radius 3 is 2.40 bits per heavy atom. The maximum absolute atomic E-state index is 12.4. The molecule has 2 aromatic carbocycles. The first-order valence-corrected chi connectivity index (χ1v) is 9.35. The van der Waals surface area contributed by atoms with E-state index in [0.717, 1.165) is 0 Å². The normalized spacial score (nSPS) is 11.2. The minimum absolute atomic E-state index is 0.114. The van der Waals surface area contributed by atoms with Crippen LogP contribution < -0.4 is 14.8 Å². The van der Waals surface area contributed by atoms with Gasteiger partial charge in [-0.1, -0.05) is 19.9 Å². The molecule has 0 fully saturated rings. The van der Waals surface area contributed by atoms with Crippen LogP contribution in [-0.2, 0) is 10.0 Å². The van der Waals surface area contributed by atoms with Gasteiger partial charge < -0.3 is 10.1 Å². The molecule has 2 rings (SSSR count). The molecule has 0 saturated heterocycles. The summed E-state index contributed by atoms with van der Waals surface area (Å²) in [5, 5.41) is 2.80. The zero-order valence-electron chi connectivity index (χ0n) is 14.4. The minimum Gasteiger partial charge on any atom is -0.497 e. The van der Waals surface area contributed by atoms with Crippen molar-refractivity contribution in [3.8, 4) is 5.75 Å². The Hall–Kier alpha value is -2.54. The molecule has 0 saturated carbocycles. The molecular formula is C18H22N2O4S. The molecule has 2 N–H and O–H groups in total. The lowest BCUT2D eigenvalue weighted by atomic mass is 10.1. The second-order valence-electron chi connectivity index (χ2n) is 5.97. The SMILES string of the molecule is COc1ccc(S(=O)(=O)Nc2cccc(C(=O)NCC(C)C)c2)cc1.